The SMILES string of the molecule is CON(Cc1ccc(N=Cc2cccs2)cc1Cl)S(C)(=O)=O. The van der Waals surface area contributed by atoms with Gasteiger partial charge >= 0.3 is 0 Å². The summed E-state index contributed by atoms with van der Waals surface area (Å²) in [4.78, 5) is 10.2. The Morgan fingerprint density at radius 1 is 1.41 bits per heavy atom. The van der Waals surface area contributed by atoms with Gasteiger partial charge in [0.15, 0.2) is 0 Å². The maximum absolute atomic E-state index is 11.5. The molecule has 0 bridgehead atoms. The van der Waals surface area contributed by atoms with E-state index in [1.807, 2.05) is 17.5 Å². The summed E-state index contributed by atoms with van der Waals surface area (Å²) in [6, 6.07) is 9.12. The summed E-state index contributed by atoms with van der Waals surface area (Å²) >= 11 is 7.78. The Morgan fingerprint density at radius 3 is 2.73 bits per heavy atom. The van der Waals surface area contributed by atoms with Crippen LogP contribution in [0.4, 0.5) is 5.69 Å². The lowest BCUT2D eigenvalue weighted by Crippen LogP contribution is -2.28. The van der Waals surface area contributed by atoms with E-state index < -0.39 is 10.0 Å². The van der Waals surface area contributed by atoms with Gasteiger partial charge in [0.05, 0.1) is 25.6 Å². The van der Waals surface area contributed by atoms with Crippen molar-refractivity contribution in [1.29, 1.82) is 0 Å². The molecule has 0 saturated carbocycles. The molecular weight excluding hydrogens is 344 g/mol. The fourth-order valence-electron chi connectivity index (χ4n) is 1.70. The van der Waals surface area contributed by atoms with Crippen molar-refractivity contribution >= 4 is 44.9 Å². The summed E-state index contributed by atoms with van der Waals surface area (Å²) in [5.41, 5.74) is 1.34. The minimum Gasteiger partial charge on any atom is -0.287 e. The summed E-state index contributed by atoms with van der Waals surface area (Å²) in [6.07, 6.45) is 2.83. The van der Waals surface area contributed by atoms with Crippen molar-refractivity contribution in [2.24, 2.45) is 4.99 Å². The molecule has 1 aromatic carbocycles. The van der Waals surface area contributed by atoms with Gasteiger partial charge in [-0.1, -0.05) is 28.2 Å². The molecule has 0 aliphatic heterocycles. The Morgan fingerprint density at radius 2 is 2.18 bits per heavy atom. The smallest absolute Gasteiger partial charge is 0.233 e. The van der Waals surface area contributed by atoms with Crippen molar-refractivity contribution in [2.45, 2.75) is 6.54 Å². The van der Waals surface area contributed by atoms with E-state index in [-0.39, 0.29) is 6.54 Å². The molecule has 8 heteroatoms. The first-order valence-corrected chi connectivity index (χ1v) is 9.38. The summed E-state index contributed by atoms with van der Waals surface area (Å²) in [5, 5.41) is 2.41. The van der Waals surface area contributed by atoms with Crippen LogP contribution in [0.25, 0.3) is 0 Å². The van der Waals surface area contributed by atoms with Gasteiger partial charge in [0.1, 0.15) is 0 Å². The lowest BCUT2D eigenvalue weighted by Gasteiger charge is -2.17. The maximum Gasteiger partial charge on any atom is 0.233 e. The number of hydroxylamine groups is 1. The van der Waals surface area contributed by atoms with Crippen LogP contribution in [0.2, 0.25) is 5.02 Å². The van der Waals surface area contributed by atoms with Crippen LogP contribution in [0.1, 0.15) is 10.4 Å². The number of aliphatic imine (C=N–C) groups is 1. The lowest BCUT2D eigenvalue weighted by molar-refractivity contribution is -0.0549. The summed E-state index contributed by atoms with van der Waals surface area (Å²) in [7, 11) is -2.16. The maximum atomic E-state index is 11.5. The van der Waals surface area contributed by atoms with Crippen LogP contribution in [0, 0.1) is 0 Å². The molecule has 0 spiro atoms. The van der Waals surface area contributed by atoms with Crippen molar-refractivity contribution in [3.8, 4) is 0 Å². The highest BCUT2D eigenvalue weighted by molar-refractivity contribution is 7.88. The first-order chi connectivity index (χ1) is 10.4. The van der Waals surface area contributed by atoms with Gasteiger partial charge in [0.2, 0.25) is 10.0 Å². The second-order valence-corrected chi connectivity index (χ2v) is 7.72. The molecule has 1 aromatic heterocycles. The van der Waals surface area contributed by atoms with Crippen LogP contribution in [0.5, 0.6) is 0 Å². The molecule has 5 nitrogen and oxygen atoms in total. The average Bonchev–Trinajstić information content (AvgIpc) is 2.96. The topological polar surface area (TPSA) is 59.0 Å². The highest BCUT2D eigenvalue weighted by Crippen LogP contribution is 2.25. The van der Waals surface area contributed by atoms with Gasteiger partial charge in [-0.2, -0.15) is 0 Å². The zero-order valence-corrected chi connectivity index (χ0v) is 14.5. The Balaban J connectivity index is 2.16. The van der Waals surface area contributed by atoms with Crippen LogP contribution in [0.15, 0.2) is 40.7 Å². The molecule has 22 heavy (non-hydrogen) atoms. The number of halogens is 1. The molecule has 118 valence electrons. The van der Waals surface area contributed by atoms with E-state index in [1.165, 1.54) is 7.11 Å². The largest absolute Gasteiger partial charge is 0.287 e. The molecule has 1 heterocycles. The number of thiophene rings is 1. The number of rotatable bonds is 6. The summed E-state index contributed by atoms with van der Waals surface area (Å²) < 4.78 is 23.9. The molecule has 0 atom stereocenters. The van der Waals surface area contributed by atoms with Gasteiger partial charge in [0.25, 0.3) is 0 Å². The Kier molecular flexibility index (Phi) is 5.71. The molecule has 0 aliphatic rings. The van der Waals surface area contributed by atoms with Gasteiger partial charge in [-0.05, 0) is 29.1 Å². The first-order valence-electron chi connectivity index (χ1n) is 6.28. The molecule has 0 N–H and O–H groups in total. The monoisotopic (exact) mass is 358 g/mol. The van der Waals surface area contributed by atoms with E-state index >= 15 is 0 Å². The van der Waals surface area contributed by atoms with Crippen LogP contribution < -0.4 is 0 Å². The van der Waals surface area contributed by atoms with Crippen molar-refractivity contribution < 1.29 is 13.3 Å². The van der Waals surface area contributed by atoms with E-state index in [9.17, 15) is 8.42 Å². The minimum atomic E-state index is -3.46. The van der Waals surface area contributed by atoms with E-state index in [0.29, 0.717) is 16.3 Å². The summed E-state index contributed by atoms with van der Waals surface area (Å²) in [5.74, 6) is 0. The summed E-state index contributed by atoms with van der Waals surface area (Å²) in [6.45, 7) is 0.0447. The highest BCUT2D eigenvalue weighted by atomic mass is 35.5. The molecule has 0 radical (unpaired) electrons. The first kappa shape index (κ1) is 17.1. The standard InChI is InChI=1S/C14H15ClN2O3S2/c1-20-17(22(2,18)19)10-11-5-6-12(8-14(11)15)16-9-13-4-3-7-21-13/h3-9H,10H2,1-2H3. The van der Waals surface area contributed by atoms with Crippen LogP contribution >= 0.6 is 22.9 Å². The van der Waals surface area contributed by atoms with Crippen LogP contribution in [-0.4, -0.2) is 32.5 Å². The molecule has 0 amide bonds. The van der Waals surface area contributed by atoms with Crippen LogP contribution in [0.3, 0.4) is 0 Å². The highest BCUT2D eigenvalue weighted by Gasteiger charge is 2.18. The van der Waals surface area contributed by atoms with Gasteiger partial charge in [0, 0.05) is 16.1 Å². The van der Waals surface area contributed by atoms with Gasteiger partial charge < -0.3 is 0 Å². The van der Waals surface area contributed by atoms with Crippen molar-refractivity contribution in [2.75, 3.05) is 13.4 Å². The molecule has 2 rings (SSSR count). The number of sulfonamides is 1. The zero-order chi connectivity index (χ0) is 16.2. The second-order valence-electron chi connectivity index (χ2n) is 4.46. The zero-order valence-electron chi connectivity index (χ0n) is 12.1. The molecule has 0 saturated heterocycles. The second kappa shape index (κ2) is 7.34. The third kappa shape index (κ3) is 4.62. The predicted molar refractivity (Wildman–Crippen MR) is 90.4 cm³/mol. The normalized spacial score (nSPS) is 12.4. The fraction of sp³-hybridized carbons (Fsp3) is 0.214. The lowest BCUT2D eigenvalue weighted by atomic mass is 10.2. The number of hydrogen-bond donors (Lipinski definition) is 0. The third-order valence-corrected chi connectivity index (χ3v) is 4.97. The Hall–Kier alpha value is -1.25. The predicted octanol–water partition coefficient (Wildman–Crippen LogP) is 3.48. The molecule has 0 aliphatic carbocycles. The van der Waals surface area contributed by atoms with E-state index in [2.05, 4.69) is 4.99 Å². The fourth-order valence-corrected chi connectivity index (χ4v) is 3.17. The minimum absolute atomic E-state index is 0.0447. The van der Waals surface area contributed by atoms with E-state index in [4.69, 9.17) is 16.4 Å². The van der Waals surface area contributed by atoms with Crippen molar-refractivity contribution in [3.63, 3.8) is 0 Å². The molecular formula is C14H15ClN2O3S2. The average molecular weight is 359 g/mol. The van der Waals surface area contributed by atoms with Crippen LogP contribution in [-0.2, 0) is 21.4 Å². The van der Waals surface area contributed by atoms with Gasteiger partial charge in [-0.15, -0.1) is 11.3 Å². The number of hydrogen-bond acceptors (Lipinski definition) is 5. The number of nitrogens with zero attached hydrogens (tertiary/aromatic N) is 2. The molecule has 0 unspecified atom stereocenters. The van der Waals surface area contributed by atoms with E-state index in [0.717, 1.165) is 15.6 Å². The molecule has 0 fully saturated rings. The van der Waals surface area contributed by atoms with Crippen molar-refractivity contribution in [3.05, 3.63) is 51.2 Å². The number of benzene rings is 1. The Labute approximate surface area is 138 Å². The quantitative estimate of drug-likeness (QED) is 0.586. The van der Waals surface area contributed by atoms with Gasteiger partial charge in [-0.3, -0.25) is 9.83 Å². The van der Waals surface area contributed by atoms with E-state index in [1.54, 1.807) is 35.8 Å². The third-order valence-electron chi connectivity index (χ3n) is 2.79. The van der Waals surface area contributed by atoms with Gasteiger partial charge in [-0.25, -0.2) is 8.42 Å². The Bertz CT molecular complexity index is 758. The van der Waals surface area contributed by atoms with Crippen molar-refractivity contribution in [1.82, 2.24) is 4.47 Å². The molecule has 2 aromatic rings.